The first-order valence-corrected chi connectivity index (χ1v) is 7.71. The standard InChI is InChI=1S/C16H15ClN2S/c1-10-9-20-16(14(10)17)15(18-2)13-8-19-7-11-5-3-4-6-12(11)13/h3-9,15,18H,1-2H3. The van der Waals surface area contributed by atoms with E-state index < -0.39 is 0 Å². The summed E-state index contributed by atoms with van der Waals surface area (Å²) < 4.78 is 0. The van der Waals surface area contributed by atoms with E-state index in [9.17, 15) is 0 Å². The topological polar surface area (TPSA) is 24.9 Å². The molecular formula is C16H15ClN2S. The number of thiophene rings is 1. The van der Waals surface area contributed by atoms with Crippen LogP contribution in [0.3, 0.4) is 0 Å². The maximum atomic E-state index is 6.43. The number of pyridine rings is 1. The number of fused-ring (bicyclic) bond motifs is 1. The van der Waals surface area contributed by atoms with Gasteiger partial charge in [-0.2, -0.15) is 0 Å². The van der Waals surface area contributed by atoms with Crippen LogP contribution in [0.25, 0.3) is 10.8 Å². The average molecular weight is 303 g/mol. The number of aryl methyl sites for hydroxylation is 1. The van der Waals surface area contributed by atoms with Gasteiger partial charge in [0, 0.05) is 28.2 Å². The lowest BCUT2D eigenvalue weighted by Crippen LogP contribution is -2.17. The predicted molar refractivity (Wildman–Crippen MR) is 86.7 cm³/mol. The first kappa shape index (κ1) is 13.6. The molecule has 0 aliphatic heterocycles. The molecule has 1 unspecified atom stereocenters. The van der Waals surface area contributed by atoms with Gasteiger partial charge in [-0.1, -0.05) is 35.9 Å². The Bertz CT molecular complexity index is 746. The highest BCUT2D eigenvalue weighted by Gasteiger charge is 2.20. The predicted octanol–water partition coefficient (Wildman–Crippen LogP) is 4.57. The van der Waals surface area contributed by atoms with Gasteiger partial charge in [-0.3, -0.25) is 4.98 Å². The number of benzene rings is 1. The molecule has 2 heterocycles. The Balaban J connectivity index is 2.19. The van der Waals surface area contributed by atoms with E-state index in [0.717, 1.165) is 26.4 Å². The Morgan fingerprint density at radius 1 is 1.25 bits per heavy atom. The van der Waals surface area contributed by atoms with Crippen molar-refractivity contribution in [3.63, 3.8) is 0 Å². The molecule has 1 aromatic carbocycles. The fraction of sp³-hybridized carbons (Fsp3) is 0.188. The number of nitrogens with zero attached hydrogens (tertiary/aromatic N) is 1. The first-order valence-electron chi connectivity index (χ1n) is 6.45. The molecule has 0 amide bonds. The summed E-state index contributed by atoms with van der Waals surface area (Å²) in [6.07, 6.45) is 3.82. The van der Waals surface area contributed by atoms with E-state index in [-0.39, 0.29) is 6.04 Å². The van der Waals surface area contributed by atoms with Crippen LogP contribution in [0.1, 0.15) is 22.0 Å². The minimum atomic E-state index is 0.0693. The van der Waals surface area contributed by atoms with Gasteiger partial charge in [0.1, 0.15) is 0 Å². The molecule has 3 aromatic rings. The number of aromatic nitrogens is 1. The Morgan fingerprint density at radius 2 is 2.05 bits per heavy atom. The van der Waals surface area contributed by atoms with Crippen LogP contribution in [0.5, 0.6) is 0 Å². The van der Waals surface area contributed by atoms with Crippen LogP contribution >= 0.6 is 22.9 Å². The fourth-order valence-corrected chi connectivity index (χ4v) is 3.87. The van der Waals surface area contributed by atoms with E-state index >= 15 is 0 Å². The Kier molecular flexibility index (Phi) is 3.74. The molecule has 0 aliphatic carbocycles. The van der Waals surface area contributed by atoms with E-state index in [4.69, 9.17) is 11.6 Å². The normalized spacial score (nSPS) is 12.8. The van der Waals surface area contributed by atoms with Crippen LogP contribution in [-0.4, -0.2) is 12.0 Å². The van der Waals surface area contributed by atoms with Gasteiger partial charge >= 0.3 is 0 Å². The molecule has 0 aliphatic rings. The molecule has 0 spiro atoms. The maximum absolute atomic E-state index is 6.43. The van der Waals surface area contributed by atoms with Gasteiger partial charge in [0.15, 0.2) is 0 Å². The second-order valence-corrected chi connectivity index (χ2v) is 6.06. The quantitative estimate of drug-likeness (QED) is 0.767. The van der Waals surface area contributed by atoms with Crippen molar-refractivity contribution < 1.29 is 0 Å². The van der Waals surface area contributed by atoms with Crippen LogP contribution in [0, 0.1) is 6.92 Å². The summed E-state index contributed by atoms with van der Waals surface area (Å²) >= 11 is 8.12. The summed E-state index contributed by atoms with van der Waals surface area (Å²) in [6, 6.07) is 8.37. The molecule has 0 fully saturated rings. The van der Waals surface area contributed by atoms with Gasteiger partial charge in [0.05, 0.1) is 11.1 Å². The molecule has 3 rings (SSSR count). The minimum Gasteiger partial charge on any atom is -0.309 e. The highest BCUT2D eigenvalue weighted by atomic mass is 35.5. The van der Waals surface area contributed by atoms with E-state index in [1.165, 1.54) is 5.39 Å². The molecule has 2 nitrogen and oxygen atoms in total. The Morgan fingerprint density at radius 3 is 2.75 bits per heavy atom. The zero-order valence-corrected chi connectivity index (χ0v) is 12.9. The van der Waals surface area contributed by atoms with Crippen molar-refractivity contribution in [2.75, 3.05) is 7.05 Å². The van der Waals surface area contributed by atoms with Gasteiger partial charge < -0.3 is 5.32 Å². The van der Waals surface area contributed by atoms with Crippen molar-refractivity contribution in [3.05, 3.63) is 63.1 Å². The summed E-state index contributed by atoms with van der Waals surface area (Å²) in [4.78, 5) is 5.51. The molecule has 0 bridgehead atoms. The summed E-state index contributed by atoms with van der Waals surface area (Å²) in [5.74, 6) is 0. The third kappa shape index (κ3) is 2.22. The Hall–Kier alpha value is -1.42. The number of nitrogens with one attached hydrogen (secondary N) is 1. The molecule has 4 heteroatoms. The number of hydrogen-bond donors (Lipinski definition) is 1. The monoisotopic (exact) mass is 302 g/mol. The third-order valence-electron chi connectivity index (χ3n) is 3.49. The lowest BCUT2D eigenvalue weighted by Gasteiger charge is -2.17. The molecule has 1 N–H and O–H groups in total. The van der Waals surface area contributed by atoms with Gasteiger partial charge in [-0.05, 0) is 30.3 Å². The second kappa shape index (κ2) is 5.52. The number of hydrogen-bond acceptors (Lipinski definition) is 3. The molecule has 1 atom stereocenters. The Labute approximate surface area is 127 Å². The fourth-order valence-electron chi connectivity index (χ4n) is 2.44. The maximum Gasteiger partial charge on any atom is 0.0705 e. The third-order valence-corrected chi connectivity index (χ3v) is 5.27. The highest BCUT2D eigenvalue weighted by Crippen LogP contribution is 2.37. The summed E-state index contributed by atoms with van der Waals surface area (Å²) in [5.41, 5.74) is 2.29. The molecule has 102 valence electrons. The van der Waals surface area contributed by atoms with Gasteiger partial charge in [0.25, 0.3) is 0 Å². The van der Waals surface area contributed by atoms with Crippen molar-refractivity contribution in [3.8, 4) is 0 Å². The largest absolute Gasteiger partial charge is 0.309 e. The van der Waals surface area contributed by atoms with E-state index in [1.54, 1.807) is 11.3 Å². The van der Waals surface area contributed by atoms with Gasteiger partial charge in [0.2, 0.25) is 0 Å². The van der Waals surface area contributed by atoms with E-state index in [2.05, 4.69) is 33.9 Å². The number of rotatable bonds is 3. The SMILES string of the molecule is CNC(c1scc(C)c1Cl)c1cncc2ccccc12. The summed E-state index contributed by atoms with van der Waals surface area (Å²) in [5, 5.41) is 8.67. The van der Waals surface area contributed by atoms with Crippen LogP contribution < -0.4 is 5.32 Å². The molecule has 0 saturated heterocycles. The number of halogens is 1. The summed E-state index contributed by atoms with van der Waals surface area (Å²) in [6.45, 7) is 2.04. The van der Waals surface area contributed by atoms with Gasteiger partial charge in [-0.15, -0.1) is 11.3 Å². The van der Waals surface area contributed by atoms with Crippen LogP contribution in [0.2, 0.25) is 5.02 Å². The zero-order chi connectivity index (χ0) is 14.1. The lowest BCUT2D eigenvalue weighted by atomic mass is 10.0. The van der Waals surface area contributed by atoms with Crippen molar-refractivity contribution in [1.29, 1.82) is 0 Å². The van der Waals surface area contributed by atoms with Crippen LogP contribution in [-0.2, 0) is 0 Å². The van der Waals surface area contributed by atoms with Crippen molar-refractivity contribution >= 4 is 33.7 Å². The van der Waals surface area contributed by atoms with E-state index in [0.29, 0.717) is 0 Å². The highest BCUT2D eigenvalue weighted by molar-refractivity contribution is 7.10. The van der Waals surface area contributed by atoms with Gasteiger partial charge in [-0.25, -0.2) is 0 Å². The first-order chi connectivity index (χ1) is 9.72. The van der Waals surface area contributed by atoms with Crippen molar-refractivity contribution in [1.82, 2.24) is 10.3 Å². The smallest absolute Gasteiger partial charge is 0.0705 e. The second-order valence-electron chi connectivity index (χ2n) is 4.77. The van der Waals surface area contributed by atoms with Crippen molar-refractivity contribution in [2.45, 2.75) is 13.0 Å². The zero-order valence-electron chi connectivity index (χ0n) is 11.4. The average Bonchev–Trinajstić information content (AvgIpc) is 2.81. The molecule has 20 heavy (non-hydrogen) atoms. The van der Waals surface area contributed by atoms with Crippen LogP contribution in [0.4, 0.5) is 0 Å². The molecule has 2 aromatic heterocycles. The van der Waals surface area contributed by atoms with Crippen molar-refractivity contribution in [2.24, 2.45) is 0 Å². The lowest BCUT2D eigenvalue weighted by molar-refractivity contribution is 0.706. The molecular weight excluding hydrogens is 288 g/mol. The molecule has 0 saturated carbocycles. The summed E-state index contributed by atoms with van der Waals surface area (Å²) in [7, 11) is 1.96. The molecule has 0 radical (unpaired) electrons. The minimum absolute atomic E-state index is 0.0693. The van der Waals surface area contributed by atoms with E-state index in [1.807, 2.05) is 32.4 Å². The van der Waals surface area contributed by atoms with Crippen LogP contribution in [0.15, 0.2) is 42.0 Å².